The standard InChI is InChI=1S/C12H14ClN3S/c1-16(6-11-7-17-8-15-11)5-9-4-10(14)2-3-12(9)13/h2-4,7-8H,5-6,14H2,1H3. The van der Waals surface area contributed by atoms with Crippen LogP contribution in [0.3, 0.4) is 0 Å². The van der Waals surface area contributed by atoms with E-state index in [-0.39, 0.29) is 0 Å². The van der Waals surface area contributed by atoms with Crippen molar-refractivity contribution in [3.63, 3.8) is 0 Å². The normalized spacial score (nSPS) is 11.0. The van der Waals surface area contributed by atoms with Crippen LogP contribution in [0.5, 0.6) is 0 Å². The molecule has 0 bridgehead atoms. The third kappa shape index (κ3) is 3.43. The first kappa shape index (κ1) is 12.4. The number of halogens is 1. The quantitative estimate of drug-likeness (QED) is 0.866. The van der Waals surface area contributed by atoms with Gasteiger partial charge in [-0.05, 0) is 30.8 Å². The van der Waals surface area contributed by atoms with Crippen molar-refractivity contribution in [3.8, 4) is 0 Å². The minimum absolute atomic E-state index is 0.742. The van der Waals surface area contributed by atoms with E-state index in [1.165, 1.54) is 0 Å². The maximum absolute atomic E-state index is 6.13. The third-order valence-corrected chi connectivity index (χ3v) is 3.43. The van der Waals surface area contributed by atoms with Crippen LogP contribution in [0.4, 0.5) is 5.69 Å². The molecule has 0 saturated carbocycles. The van der Waals surface area contributed by atoms with Crippen molar-refractivity contribution in [2.45, 2.75) is 13.1 Å². The van der Waals surface area contributed by atoms with Gasteiger partial charge in [-0.3, -0.25) is 4.90 Å². The minimum Gasteiger partial charge on any atom is -0.399 e. The van der Waals surface area contributed by atoms with Crippen LogP contribution < -0.4 is 5.73 Å². The van der Waals surface area contributed by atoms with E-state index in [0.717, 1.165) is 35.1 Å². The Kier molecular flexibility index (Phi) is 3.99. The molecule has 0 spiro atoms. The van der Waals surface area contributed by atoms with Crippen molar-refractivity contribution in [1.82, 2.24) is 9.88 Å². The zero-order chi connectivity index (χ0) is 12.3. The molecule has 0 amide bonds. The van der Waals surface area contributed by atoms with Gasteiger partial charge in [0.15, 0.2) is 0 Å². The molecule has 3 nitrogen and oxygen atoms in total. The van der Waals surface area contributed by atoms with Crippen LogP contribution in [0.25, 0.3) is 0 Å². The van der Waals surface area contributed by atoms with Gasteiger partial charge in [0.25, 0.3) is 0 Å². The van der Waals surface area contributed by atoms with Gasteiger partial charge < -0.3 is 5.73 Å². The molecule has 0 unspecified atom stereocenters. The molecule has 5 heteroatoms. The first-order chi connectivity index (χ1) is 8.15. The highest BCUT2D eigenvalue weighted by Crippen LogP contribution is 2.20. The molecule has 17 heavy (non-hydrogen) atoms. The van der Waals surface area contributed by atoms with Crippen molar-refractivity contribution < 1.29 is 0 Å². The average molecular weight is 268 g/mol. The molecule has 1 heterocycles. The fraction of sp³-hybridized carbons (Fsp3) is 0.250. The molecule has 90 valence electrons. The summed E-state index contributed by atoms with van der Waals surface area (Å²) in [6.07, 6.45) is 0. The van der Waals surface area contributed by atoms with Crippen LogP contribution in [0.2, 0.25) is 5.02 Å². The second-order valence-corrected chi connectivity index (χ2v) is 5.13. The Morgan fingerprint density at radius 3 is 2.94 bits per heavy atom. The zero-order valence-corrected chi connectivity index (χ0v) is 11.1. The Hall–Kier alpha value is -1.10. The smallest absolute Gasteiger partial charge is 0.0795 e. The molecule has 2 aromatic rings. The SMILES string of the molecule is CN(Cc1cscn1)Cc1cc(N)ccc1Cl. The maximum atomic E-state index is 6.13. The third-order valence-electron chi connectivity index (χ3n) is 2.43. The molecule has 1 aromatic heterocycles. The lowest BCUT2D eigenvalue weighted by Crippen LogP contribution is -2.17. The molecular weight excluding hydrogens is 254 g/mol. The summed E-state index contributed by atoms with van der Waals surface area (Å²) < 4.78 is 0. The number of aromatic nitrogens is 1. The summed E-state index contributed by atoms with van der Waals surface area (Å²) in [6.45, 7) is 1.58. The van der Waals surface area contributed by atoms with Gasteiger partial charge in [0.2, 0.25) is 0 Å². The summed E-state index contributed by atoms with van der Waals surface area (Å²) in [7, 11) is 2.04. The predicted molar refractivity (Wildman–Crippen MR) is 73.1 cm³/mol. The number of nitrogens with zero attached hydrogens (tertiary/aromatic N) is 2. The molecule has 0 saturated heterocycles. The number of thiazole rings is 1. The van der Waals surface area contributed by atoms with Gasteiger partial charge in [-0.25, -0.2) is 4.98 Å². The van der Waals surface area contributed by atoms with Gasteiger partial charge >= 0.3 is 0 Å². The summed E-state index contributed by atoms with van der Waals surface area (Å²) in [5.41, 5.74) is 10.5. The molecule has 1 aromatic carbocycles. The molecular formula is C12H14ClN3S. The molecule has 0 fully saturated rings. The lowest BCUT2D eigenvalue weighted by Gasteiger charge is -2.16. The second kappa shape index (κ2) is 5.49. The van der Waals surface area contributed by atoms with Crippen LogP contribution in [0.15, 0.2) is 29.1 Å². The first-order valence-corrected chi connectivity index (χ1v) is 6.57. The second-order valence-electron chi connectivity index (χ2n) is 4.00. The molecule has 0 aliphatic carbocycles. The molecule has 0 atom stereocenters. The summed E-state index contributed by atoms with van der Waals surface area (Å²) in [5, 5.41) is 2.81. The van der Waals surface area contributed by atoms with E-state index < -0.39 is 0 Å². The van der Waals surface area contributed by atoms with Crippen LogP contribution in [0.1, 0.15) is 11.3 Å². The number of nitrogens with two attached hydrogens (primary N) is 1. The van der Waals surface area contributed by atoms with Crippen LogP contribution >= 0.6 is 22.9 Å². The number of rotatable bonds is 4. The van der Waals surface area contributed by atoms with Crippen LogP contribution in [0, 0.1) is 0 Å². The van der Waals surface area contributed by atoms with Gasteiger partial charge in [-0.15, -0.1) is 11.3 Å². The Morgan fingerprint density at radius 1 is 1.41 bits per heavy atom. The number of hydrogen-bond acceptors (Lipinski definition) is 4. The number of nitrogen functional groups attached to an aromatic ring is 1. The van der Waals surface area contributed by atoms with E-state index in [0.29, 0.717) is 0 Å². The van der Waals surface area contributed by atoms with Crippen molar-refractivity contribution in [2.75, 3.05) is 12.8 Å². The Labute approximate surface area is 110 Å². The molecule has 0 aliphatic heterocycles. The van der Waals surface area contributed by atoms with E-state index in [1.54, 1.807) is 11.3 Å². The highest BCUT2D eigenvalue weighted by atomic mass is 35.5. The van der Waals surface area contributed by atoms with Gasteiger partial charge in [0.1, 0.15) is 0 Å². The summed E-state index contributed by atoms with van der Waals surface area (Å²) in [4.78, 5) is 6.42. The van der Waals surface area contributed by atoms with Gasteiger partial charge in [0, 0.05) is 29.2 Å². The van der Waals surface area contributed by atoms with Crippen molar-refractivity contribution in [3.05, 3.63) is 45.4 Å². The molecule has 0 aliphatic rings. The Bertz CT molecular complexity index is 485. The number of anilines is 1. The van der Waals surface area contributed by atoms with Crippen molar-refractivity contribution >= 4 is 28.6 Å². The summed E-state index contributed by atoms with van der Waals surface area (Å²) in [5.74, 6) is 0. The predicted octanol–water partition coefficient (Wildman–Crippen LogP) is 3.01. The van der Waals surface area contributed by atoms with E-state index in [2.05, 4.69) is 15.3 Å². The zero-order valence-electron chi connectivity index (χ0n) is 9.56. The molecule has 2 rings (SSSR count). The first-order valence-electron chi connectivity index (χ1n) is 5.24. The van der Waals surface area contributed by atoms with Gasteiger partial charge in [-0.2, -0.15) is 0 Å². The fourth-order valence-corrected chi connectivity index (χ4v) is 2.38. The largest absolute Gasteiger partial charge is 0.399 e. The van der Waals surface area contributed by atoms with Crippen molar-refractivity contribution in [2.24, 2.45) is 0 Å². The van der Waals surface area contributed by atoms with Crippen LogP contribution in [-0.4, -0.2) is 16.9 Å². The van der Waals surface area contributed by atoms with Gasteiger partial charge in [0.05, 0.1) is 11.2 Å². The maximum Gasteiger partial charge on any atom is 0.0795 e. The highest BCUT2D eigenvalue weighted by molar-refractivity contribution is 7.07. The Balaban J connectivity index is 2.02. The highest BCUT2D eigenvalue weighted by Gasteiger charge is 2.06. The summed E-state index contributed by atoms with van der Waals surface area (Å²) >= 11 is 7.74. The number of benzene rings is 1. The average Bonchev–Trinajstić information content (AvgIpc) is 2.76. The van der Waals surface area contributed by atoms with E-state index in [9.17, 15) is 0 Å². The van der Waals surface area contributed by atoms with E-state index in [4.69, 9.17) is 17.3 Å². The van der Waals surface area contributed by atoms with E-state index in [1.807, 2.05) is 30.8 Å². The van der Waals surface area contributed by atoms with Gasteiger partial charge in [-0.1, -0.05) is 11.6 Å². The molecule has 0 radical (unpaired) electrons. The lowest BCUT2D eigenvalue weighted by molar-refractivity contribution is 0.316. The lowest BCUT2D eigenvalue weighted by atomic mass is 10.2. The van der Waals surface area contributed by atoms with Crippen LogP contribution in [-0.2, 0) is 13.1 Å². The van der Waals surface area contributed by atoms with E-state index >= 15 is 0 Å². The minimum atomic E-state index is 0.742. The Morgan fingerprint density at radius 2 is 2.24 bits per heavy atom. The monoisotopic (exact) mass is 267 g/mol. The topological polar surface area (TPSA) is 42.2 Å². The summed E-state index contributed by atoms with van der Waals surface area (Å²) in [6, 6.07) is 5.56. The number of hydrogen-bond donors (Lipinski definition) is 1. The fourth-order valence-electron chi connectivity index (χ4n) is 1.65. The van der Waals surface area contributed by atoms with Crippen molar-refractivity contribution in [1.29, 1.82) is 0 Å². The molecule has 2 N–H and O–H groups in total.